The molecule has 0 saturated carbocycles. The summed E-state index contributed by atoms with van der Waals surface area (Å²) in [6.45, 7) is 6.89. The number of hydrogen-bond donors (Lipinski definition) is 1. The zero-order valence-corrected chi connectivity index (χ0v) is 14.0. The Morgan fingerprint density at radius 1 is 1.43 bits per heavy atom. The molecule has 1 N–H and O–H groups in total. The smallest absolute Gasteiger partial charge is 0.283 e. The van der Waals surface area contributed by atoms with Gasteiger partial charge >= 0.3 is 0 Å². The lowest BCUT2D eigenvalue weighted by molar-refractivity contribution is 0.478. The van der Waals surface area contributed by atoms with Crippen LogP contribution in [0, 0.1) is 13.8 Å². The number of oxazole rings is 1. The van der Waals surface area contributed by atoms with Crippen molar-refractivity contribution in [1.29, 1.82) is 0 Å². The molecule has 0 amide bonds. The molecule has 0 bridgehead atoms. The molecule has 7 heteroatoms. The molecule has 0 aliphatic carbocycles. The zero-order chi connectivity index (χ0) is 15.4. The Morgan fingerprint density at radius 2 is 2.19 bits per heavy atom. The molecular weight excluding hydrogens is 336 g/mol. The predicted molar refractivity (Wildman–Crippen MR) is 84.4 cm³/mol. The molecule has 2 rings (SSSR count). The van der Waals surface area contributed by atoms with Gasteiger partial charge in [0.05, 0.1) is 24.1 Å². The molecule has 0 aliphatic rings. The number of halogens is 1. The molecule has 2 heterocycles. The fourth-order valence-corrected chi connectivity index (χ4v) is 2.29. The van der Waals surface area contributed by atoms with E-state index in [0.29, 0.717) is 29.1 Å². The maximum absolute atomic E-state index is 12.1. The van der Waals surface area contributed by atoms with Crippen LogP contribution in [0.15, 0.2) is 19.9 Å². The van der Waals surface area contributed by atoms with Gasteiger partial charge in [0.1, 0.15) is 10.2 Å². The zero-order valence-electron chi connectivity index (χ0n) is 12.4. The monoisotopic (exact) mass is 354 g/mol. The van der Waals surface area contributed by atoms with Gasteiger partial charge in [-0.15, -0.1) is 0 Å². The van der Waals surface area contributed by atoms with Crippen LogP contribution in [0.5, 0.6) is 0 Å². The van der Waals surface area contributed by atoms with E-state index in [-0.39, 0.29) is 5.56 Å². The molecule has 0 aromatic carbocycles. The van der Waals surface area contributed by atoms with Gasteiger partial charge in [-0.3, -0.25) is 4.79 Å². The lowest BCUT2D eigenvalue weighted by atomic mass is 10.3. The van der Waals surface area contributed by atoms with E-state index in [1.165, 1.54) is 4.68 Å². The van der Waals surface area contributed by atoms with Gasteiger partial charge in [-0.2, -0.15) is 5.10 Å². The molecule has 21 heavy (non-hydrogen) atoms. The first-order valence-corrected chi connectivity index (χ1v) is 7.74. The minimum atomic E-state index is -0.131. The summed E-state index contributed by atoms with van der Waals surface area (Å²) < 4.78 is 7.44. The van der Waals surface area contributed by atoms with Crippen LogP contribution in [0.1, 0.15) is 37.1 Å². The van der Waals surface area contributed by atoms with E-state index >= 15 is 0 Å². The quantitative estimate of drug-likeness (QED) is 0.862. The molecule has 2 aromatic heterocycles. The summed E-state index contributed by atoms with van der Waals surface area (Å²) in [5.41, 5.74) is 1.38. The van der Waals surface area contributed by atoms with Crippen molar-refractivity contribution in [3.63, 3.8) is 0 Å². The summed E-state index contributed by atoms with van der Waals surface area (Å²) in [7, 11) is 0. The molecule has 0 radical (unpaired) electrons. The summed E-state index contributed by atoms with van der Waals surface area (Å²) in [6.07, 6.45) is 3.60. The van der Waals surface area contributed by atoms with Gasteiger partial charge in [0.2, 0.25) is 5.89 Å². The largest absolute Gasteiger partial charge is 0.444 e. The summed E-state index contributed by atoms with van der Waals surface area (Å²) >= 11 is 3.33. The van der Waals surface area contributed by atoms with Crippen molar-refractivity contribution < 1.29 is 4.42 Å². The molecule has 6 nitrogen and oxygen atoms in total. The number of nitrogens with one attached hydrogen (secondary N) is 1. The molecular formula is C14H19BrN4O2. The van der Waals surface area contributed by atoms with Crippen LogP contribution in [-0.2, 0) is 13.1 Å². The van der Waals surface area contributed by atoms with Gasteiger partial charge in [0.25, 0.3) is 5.56 Å². The topological polar surface area (TPSA) is 73.0 Å². The van der Waals surface area contributed by atoms with Crippen molar-refractivity contribution in [2.24, 2.45) is 0 Å². The van der Waals surface area contributed by atoms with Gasteiger partial charge in [-0.05, 0) is 36.2 Å². The van der Waals surface area contributed by atoms with Crippen LogP contribution in [0.2, 0.25) is 0 Å². The standard InChI is InChI=1S/C14H19BrN4O2/c1-4-5-6-19-14(20)13(15)11(7-17-19)16-8-12-18-9(2)10(3)21-12/h7,16H,4-6,8H2,1-3H3. The Morgan fingerprint density at radius 3 is 2.81 bits per heavy atom. The van der Waals surface area contributed by atoms with E-state index in [0.717, 1.165) is 24.3 Å². The third-order valence-corrected chi connectivity index (χ3v) is 3.98. The number of aryl methyl sites for hydroxylation is 3. The highest BCUT2D eigenvalue weighted by Crippen LogP contribution is 2.18. The van der Waals surface area contributed by atoms with Gasteiger partial charge in [0, 0.05) is 6.54 Å². The van der Waals surface area contributed by atoms with E-state index in [2.05, 4.69) is 38.3 Å². The number of anilines is 1. The Labute approximate surface area is 131 Å². The van der Waals surface area contributed by atoms with Gasteiger partial charge in [0.15, 0.2) is 0 Å². The average Bonchev–Trinajstić information content (AvgIpc) is 2.78. The second-order valence-electron chi connectivity index (χ2n) is 4.86. The van der Waals surface area contributed by atoms with Crippen LogP contribution in [-0.4, -0.2) is 14.8 Å². The van der Waals surface area contributed by atoms with Crippen LogP contribution in [0.25, 0.3) is 0 Å². The minimum Gasteiger partial charge on any atom is -0.444 e. The highest BCUT2D eigenvalue weighted by Gasteiger charge is 2.10. The van der Waals surface area contributed by atoms with Crippen LogP contribution in [0.3, 0.4) is 0 Å². The SMILES string of the molecule is CCCCn1ncc(NCc2nc(C)c(C)o2)c(Br)c1=O. The van der Waals surface area contributed by atoms with Crippen LogP contribution >= 0.6 is 15.9 Å². The van der Waals surface area contributed by atoms with E-state index in [1.54, 1.807) is 6.20 Å². The van der Waals surface area contributed by atoms with E-state index < -0.39 is 0 Å². The molecule has 114 valence electrons. The third kappa shape index (κ3) is 3.72. The summed E-state index contributed by atoms with van der Waals surface area (Å²) in [5.74, 6) is 1.39. The second-order valence-corrected chi connectivity index (χ2v) is 5.65. The van der Waals surface area contributed by atoms with Crippen molar-refractivity contribution in [2.75, 3.05) is 5.32 Å². The Hall–Kier alpha value is -1.63. The highest BCUT2D eigenvalue weighted by molar-refractivity contribution is 9.10. The number of rotatable bonds is 6. The normalized spacial score (nSPS) is 10.9. The molecule has 2 aromatic rings. The molecule has 0 aliphatic heterocycles. The highest BCUT2D eigenvalue weighted by atomic mass is 79.9. The van der Waals surface area contributed by atoms with Crippen LogP contribution < -0.4 is 10.9 Å². The Balaban J connectivity index is 2.10. The first-order valence-electron chi connectivity index (χ1n) is 6.95. The summed E-state index contributed by atoms with van der Waals surface area (Å²) in [5, 5.41) is 7.29. The first kappa shape index (κ1) is 15.8. The van der Waals surface area contributed by atoms with E-state index in [9.17, 15) is 4.79 Å². The van der Waals surface area contributed by atoms with Crippen molar-refractivity contribution in [2.45, 2.75) is 46.7 Å². The van der Waals surface area contributed by atoms with E-state index in [4.69, 9.17) is 4.42 Å². The average molecular weight is 355 g/mol. The van der Waals surface area contributed by atoms with Crippen molar-refractivity contribution >= 4 is 21.6 Å². The fourth-order valence-electron chi connectivity index (χ4n) is 1.84. The molecule has 0 spiro atoms. The Bertz CT molecular complexity index is 659. The number of unbranched alkanes of at least 4 members (excludes halogenated alkanes) is 1. The lowest BCUT2D eigenvalue weighted by Gasteiger charge is -2.09. The predicted octanol–water partition coefficient (Wildman–Crippen LogP) is 3.02. The number of hydrogen-bond acceptors (Lipinski definition) is 5. The summed E-state index contributed by atoms with van der Waals surface area (Å²) in [4.78, 5) is 16.4. The first-order chi connectivity index (χ1) is 10.0. The number of aromatic nitrogens is 3. The van der Waals surface area contributed by atoms with Gasteiger partial charge in [-0.25, -0.2) is 9.67 Å². The van der Waals surface area contributed by atoms with Gasteiger partial charge < -0.3 is 9.73 Å². The molecule has 0 saturated heterocycles. The maximum atomic E-state index is 12.1. The summed E-state index contributed by atoms with van der Waals surface area (Å²) in [6, 6.07) is 0. The van der Waals surface area contributed by atoms with Crippen molar-refractivity contribution in [1.82, 2.24) is 14.8 Å². The lowest BCUT2D eigenvalue weighted by Crippen LogP contribution is -2.24. The fraction of sp³-hybridized carbons (Fsp3) is 0.500. The molecule has 0 atom stereocenters. The van der Waals surface area contributed by atoms with Crippen LogP contribution in [0.4, 0.5) is 5.69 Å². The van der Waals surface area contributed by atoms with Crippen molar-refractivity contribution in [3.05, 3.63) is 38.4 Å². The maximum Gasteiger partial charge on any atom is 0.283 e. The van der Waals surface area contributed by atoms with Crippen molar-refractivity contribution in [3.8, 4) is 0 Å². The third-order valence-electron chi connectivity index (χ3n) is 3.21. The second kappa shape index (κ2) is 6.89. The molecule has 0 fully saturated rings. The van der Waals surface area contributed by atoms with Gasteiger partial charge in [-0.1, -0.05) is 13.3 Å². The Kier molecular flexibility index (Phi) is 5.17. The minimum absolute atomic E-state index is 0.131. The number of nitrogens with zero attached hydrogens (tertiary/aromatic N) is 3. The van der Waals surface area contributed by atoms with E-state index in [1.807, 2.05) is 13.8 Å². The molecule has 0 unspecified atom stereocenters.